The van der Waals surface area contributed by atoms with E-state index in [1.54, 1.807) is 29.4 Å². The number of hydrogen-bond donors (Lipinski definition) is 2. The third kappa shape index (κ3) is 6.51. The second kappa shape index (κ2) is 13.5. The molecule has 4 amide bonds. The first-order valence-corrected chi connectivity index (χ1v) is 17.3. The van der Waals surface area contributed by atoms with Gasteiger partial charge in [0.2, 0.25) is 0 Å². The highest BCUT2D eigenvalue weighted by Crippen LogP contribution is 2.48. The average molecular weight is 688 g/mol. The first-order chi connectivity index (χ1) is 23.7. The maximum Gasteiger partial charge on any atom is 0.410 e. The molecule has 2 aliphatic heterocycles. The van der Waals surface area contributed by atoms with Crippen LogP contribution in [0.3, 0.4) is 0 Å². The van der Waals surface area contributed by atoms with E-state index in [2.05, 4.69) is 28.5 Å². The zero-order valence-electron chi connectivity index (χ0n) is 27.8. The molecule has 2 atom stereocenters. The molecule has 4 heterocycles. The number of primary amides is 1. The van der Waals surface area contributed by atoms with E-state index in [0.29, 0.717) is 56.9 Å². The fourth-order valence-corrected chi connectivity index (χ4v) is 7.83. The second-order valence-corrected chi connectivity index (χ2v) is 14.0. The van der Waals surface area contributed by atoms with Crippen LogP contribution in [0.5, 0.6) is 0 Å². The Bertz CT molecular complexity index is 1770. The van der Waals surface area contributed by atoms with Crippen LogP contribution < -0.4 is 11.1 Å². The van der Waals surface area contributed by atoms with Crippen LogP contribution in [0, 0.1) is 5.92 Å². The fourth-order valence-electron chi connectivity index (χ4n) is 7.65. The number of benzene rings is 1. The number of likely N-dealkylation sites (tertiary alicyclic amines) is 2. The van der Waals surface area contributed by atoms with Gasteiger partial charge >= 0.3 is 12.1 Å². The molecule has 0 bridgehead atoms. The fraction of sp³-hybridized carbons (Fsp3) is 0.472. The van der Waals surface area contributed by atoms with Crippen molar-refractivity contribution in [2.45, 2.75) is 62.2 Å². The van der Waals surface area contributed by atoms with E-state index in [9.17, 15) is 14.4 Å². The minimum absolute atomic E-state index is 0.0786. The Kier molecular flexibility index (Phi) is 9.10. The Hall–Kier alpha value is -4.42. The third-order valence-corrected chi connectivity index (χ3v) is 10.9. The maximum atomic E-state index is 13.7. The molecule has 2 aliphatic carbocycles. The number of nitrogens with two attached hydrogens (primary N) is 1. The second-order valence-electron chi connectivity index (χ2n) is 13.6. The zero-order chi connectivity index (χ0) is 34.3. The van der Waals surface area contributed by atoms with Crippen LogP contribution in [0.15, 0.2) is 49.1 Å². The summed E-state index contributed by atoms with van der Waals surface area (Å²) >= 11 is 6.72. The van der Waals surface area contributed by atoms with E-state index in [4.69, 9.17) is 31.8 Å². The van der Waals surface area contributed by atoms with E-state index >= 15 is 0 Å². The summed E-state index contributed by atoms with van der Waals surface area (Å²) < 4.78 is 13.4. The lowest BCUT2D eigenvalue weighted by atomic mass is 9.75. The number of pyridine rings is 1. The maximum absolute atomic E-state index is 13.7. The van der Waals surface area contributed by atoms with Crippen molar-refractivity contribution in [2.24, 2.45) is 18.7 Å². The summed E-state index contributed by atoms with van der Waals surface area (Å²) in [6.07, 6.45) is 10.9. The lowest BCUT2D eigenvalue weighted by Gasteiger charge is -2.37. The minimum Gasteiger partial charge on any atom is -0.446 e. The van der Waals surface area contributed by atoms with E-state index in [1.807, 2.05) is 36.0 Å². The molecular weight excluding hydrogens is 646 g/mol. The molecule has 0 spiro atoms. The van der Waals surface area contributed by atoms with Gasteiger partial charge in [-0.2, -0.15) is 0 Å². The summed E-state index contributed by atoms with van der Waals surface area (Å²) in [7, 11) is 3.50. The van der Waals surface area contributed by atoms with Crippen LogP contribution in [-0.2, 0) is 21.3 Å². The van der Waals surface area contributed by atoms with Crippen molar-refractivity contribution in [1.29, 1.82) is 0 Å². The van der Waals surface area contributed by atoms with Gasteiger partial charge in [0, 0.05) is 70.3 Å². The molecule has 7 rings (SSSR count). The summed E-state index contributed by atoms with van der Waals surface area (Å²) in [6.45, 7) is 2.08. The molecule has 3 N–H and O–H groups in total. The number of imidazole rings is 1. The first kappa shape index (κ1) is 33.1. The highest BCUT2D eigenvalue weighted by molar-refractivity contribution is 6.30. The Morgan fingerprint density at radius 1 is 1.06 bits per heavy atom. The molecule has 13 heteroatoms. The third-order valence-electron chi connectivity index (χ3n) is 10.7. The number of urea groups is 1. The Morgan fingerprint density at radius 2 is 1.80 bits per heavy atom. The van der Waals surface area contributed by atoms with Crippen LogP contribution in [-0.4, -0.2) is 87.4 Å². The van der Waals surface area contributed by atoms with Gasteiger partial charge in [-0.15, -0.1) is 0 Å². The molecule has 1 saturated carbocycles. The summed E-state index contributed by atoms with van der Waals surface area (Å²) in [5.41, 5.74) is 10.2. The van der Waals surface area contributed by atoms with E-state index in [0.717, 1.165) is 46.5 Å². The van der Waals surface area contributed by atoms with Crippen LogP contribution in [0.4, 0.5) is 9.59 Å². The largest absolute Gasteiger partial charge is 0.446 e. The molecule has 3 aromatic rings. The van der Waals surface area contributed by atoms with Crippen molar-refractivity contribution in [2.75, 3.05) is 33.3 Å². The zero-order valence-corrected chi connectivity index (χ0v) is 28.6. The Balaban J connectivity index is 1.18. The SMILES string of the molecule is COC1(C(=O)NC(C2=Cc3cccnc3C(C3CCN(C(=O)OC4CCN(C(N)=O)CC4)CC3)c3ccc(Cl)cc32)c2cncn2C)CC1. The van der Waals surface area contributed by atoms with Crippen LogP contribution in [0.1, 0.15) is 78.6 Å². The number of hydrogen-bond acceptors (Lipinski definition) is 7. The number of carbonyl (C=O) groups excluding carboxylic acids is 3. The Labute approximate surface area is 290 Å². The standard InChI is InChI=1S/C36H42ClN7O5/c1-42-21-39-20-29(42)32(41-33(45)36(48-2)11-12-36)28-18-23-4-3-13-40-31(23)30(26-6-5-24(37)19-27(26)28)22-7-14-44(15-8-22)35(47)49-25-9-16-43(17-10-25)34(38)46/h3-6,13,18-22,25,30,32H,7-12,14-17H2,1-2H3,(H2,38,46)(H,41,45). The van der Waals surface area contributed by atoms with Gasteiger partial charge in [-0.3, -0.25) is 9.78 Å². The van der Waals surface area contributed by atoms with Crippen molar-refractivity contribution in [1.82, 2.24) is 29.7 Å². The molecule has 2 unspecified atom stereocenters. The van der Waals surface area contributed by atoms with Gasteiger partial charge in [0.25, 0.3) is 5.91 Å². The monoisotopic (exact) mass is 687 g/mol. The number of nitrogens with one attached hydrogen (secondary N) is 1. The van der Waals surface area contributed by atoms with Gasteiger partial charge in [0.05, 0.1) is 30.0 Å². The molecule has 2 aromatic heterocycles. The molecule has 4 aliphatic rings. The van der Waals surface area contributed by atoms with E-state index < -0.39 is 17.7 Å². The number of amides is 4. The highest BCUT2D eigenvalue weighted by Gasteiger charge is 2.51. The lowest BCUT2D eigenvalue weighted by Crippen LogP contribution is -2.46. The molecule has 2 saturated heterocycles. The highest BCUT2D eigenvalue weighted by atomic mass is 35.5. The number of nitrogens with zero attached hydrogens (tertiary/aromatic N) is 5. The lowest BCUT2D eigenvalue weighted by molar-refractivity contribution is -0.134. The minimum atomic E-state index is -0.822. The predicted octanol–water partition coefficient (Wildman–Crippen LogP) is 4.88. The van der Waals surface area contributed by atoms with E-state index in [-0.39, 0.29) is 29.9 Å². The smallest absolute Gasteiger partial charge is 0.410 e. The van der Waals surface area contributed by atoms with Gasteiger partial charge in [-0.05, 0) is 78.1 Å². The average Bonchev–Trinajstić information content (AvgIpc) is 3.83. The molecule has 49 heavy (non-hydrogen) atoms. The number of carbonyl (C=O) groups is 3. The number of ether oxygens (including phenoxy) is 2. The van der Waals surface area contributed by atoms with Crippen LogP contribution >= 0.6 is 11.6 Å². The summed E-state index contributed by atoms with van der Waals surface area (Å²) in [5, 5.41) is 3.91. The number of aryl methyl sites for hydroxylation is 1. The van der Waals surface area contributed by atoms with Gasteiger partial charge in [-0.25, -0.2) is 14.6 Å². The predicted molar refractivity (Wildman–Crippen MR) is 183 cm³/mol. The van der Waals surface area contributed by atoms with Crippen molar-refractivity contribution >= 4 is 41.3 Å². The van der Waals surface area contributed by atoms with Crippen molar-refractivity contribution in [3.8, 4) is 0 Å². The van der Waals surface area contributed by atoms with E-state index in [1.165, 1.54) is 0 Å². The molecular formula is C36H42ClN7O5. The van der Waals surface area contributed by atoms with Gasteiger partial charge in [0.15, 0.2) is 0 Å². The van der Waals surface area contributed by atoms with Gasteiger partial charge in [-0.1, -0.05) is 23.7 Å². The summed E-state index contributed by atoms with van der Waals surface area (Å²) in [4.78, 5) is 51.1. The number of methoxy groups -OCH3 is 1. The summed E-state index contributed by atoms with van der Waals surface area (Å²) in [6, 6.07) is 9.00. The van der Waals surface area contributed by atoms with Crippen LogP contribution in [0.2, 0.25) is 5.02 Å². The Morgan fingerprint density at radius 3 is 2.45 bits per heavy atom. The first-order valence-electron chi connectivity index (χ1n) is 17.0. The van der Waals surface area contributed by atoms with Crippen molar-refractivity contribution in [3.05, 3.63) is 82.2 Å². The molecule has 0 radical (unpaired) electrons. The number of halogens is 1. The number of fused-ring (bicyclic) bond motifs is 2. The molecule has 12 nitrogen and oxygen atoms in total. The quantitative estimate of drug-likeness (QED) is 0.360. The van der Waals surface area contributed by atoms with Gasteiger partial charge < -0.3 is 34.9 Å². The molecule has 258 valence electrons. The van der Waals surface area contributed by atoms with Crippen molar-refractivity contribution < 1.29 is 23.9 Å². The van der Waals surface area contributed by atoms with Crippen LogP contribution in [0.25, 0.3) is 11.6 Å². The molecule has 3 fully saturated rings. The number of aromatic nitrogens is 3. The van der Waals surface area contributed by atoms with Crippen molar-refractivity contribution in [3.63, 3.8) is 0 Å². The van der Waals surface area contributed by atoms with Gasteiger partial charge in [0.1, 0.15) is 11.7 Å². The number of piperidine rings is 2. The topological polar surface area (TPSA) is 145 Å². The normalized spacial score (nSPS) is 21.1. The summed E-state index contributed by atoms with van der Waals surface area (Å²) in [5.74, 6) is -0.0575. The number of rotatable bonds is 7. The molecule has 1 aromatic carbocycles.